The van der Waals surface area contributed by atoms with Crippen LogP contribution in [0.1, 0.15) is 38.5 Å². The highest BCUT2D eigenvalue weighted by molar-refractivity contribution is 5.93. The van der Waals surface area contributed by atoms with Gasteiger partial charge in [-0.2, -0.15) is 0 Å². The van der Waals surface area contributed by atoms with Gasteiger partial charge in [0.1, 0.15) is 0 Å². The molecule has 70 valence electrons. The van der Waals surface area contributed by atoms with E-state index in [9.17, 15) is 4.79 Å². The van der Waals surface area contributed by atoms with E-state index < -0.39 is 0 Å². The summed E-state index contributed by atoms with van der Waals surface area (Å²) in [6, 6.07) is 0. The molecule has 0 aliphatic heterocycles. The molecule has 0 bridgehead atoms. The monoisotopic (exact) mass is 176 g/mol. The highest BCUT2D eigenvalue weighted by Gasteiger charge is 2.19. The molecule has 2 aliphatic carbocycles. The summed E-state index contributed by atoms with van der Waals surface area (Å²) in [6.07, 6.45) is 13.1. The highest BCUT2D eigenvalue weighted by atomic mass is 16.1. The van der Waals surface area contributed by atoms with E-state index in [1.807, 2.05) is 6.08 Å². The molecule has 0 aromatic carbocycles. The summed E-state index contributed by atoms with van der Waals surface area (Å²) < 4.78 is 0. The van der Waals surface area contributed by atoms with Crippen LogP contribution in [0, 0.1) is 5.92 Å². The number of rotatable bonds is 1. The minimum Gasteiger partial charge on any atom is -0.294 e. The molecule has 2 rings (SSSR count). The van der Waals surface area contributed by atoms with Gasteiger partial charge in [0.15, 0.2) is 5.78 Å². The van der Waals surface area contributed by atoms with Gasteiger partial charge in [-0.1, -0.05) is 37.0 Å². The van der Waals surface area contributed by atoms with Crippen LogP contribution in [-0.4, -0.2) is 5.78 Å². The van der Waals surface area contributed by atoms with Gasteiger partial charge in [0, 0.05) is 6.42 Å². The number of hydrogen-bond donors (Lipinski definition) is 0. The molecule has 0 unspecified atom stereocenters. The zero-order valence-electron chi connectivity index (χ0n) is 7.96. The Morgan fingerprint density at radius 3 is 2.62 bits per heavy atom. The summed E-state index contributed by atoms with van der Waals surface area (Å²) >= 11 is 0. The molecule has 0 atom stereocenters. The van der Waals surface area contributed by atoms with Crippen molar-refractivity contribution in [3.63, 3.8) is 0 Å². The average Bonchev–Trinajstić information content (AvgIpc) is 2.19. The van der Waals surface area contributed by atoms with E-state index in [1.54, 1.807) is 6.08 Å². The van der Waals surface area contributed by atoms with Crippen LogP contribution < -0.4 is 0 Å². The van der Waals surface area contributed by atoms with Crippen LogP contribution in [0.4, 0.5) is 0 Å². The maximum Gasteiger partial charge on any atom is 0.159 e. The molecule has 0 aromatic heterocycles. The second-order valence-corrected chi connectivity index (χ2v) is 4.08. The standard InChI is InChI=1S/C12H16O/c13-12-8-4-7-11(9-12)10-5-2-1-3-6-10/h4,7-8,10H,1-3,5-6,9H2. The first-order chi connectivity index (χ1) is 6.36. The Morgan fingerprint density at radius 2 is 1.92 bits per heavy atom. The normalized spacial score (nSPS) is 24.6. The van der Waals surface area contributed by atoms with Gasteiger partial charge in [-0.15, -0.1) is 0 Å². The number of hydrogen-bond acceptors (Lipinski definition) is 1. The fraction of sp³-hybridized carbons (Fsp3) is 0.583. The third-order valence-corrected chi connectivity index (χ3v) is 3.10. The smallest absolute Gasteiger partial charge is 0.159 e. The number of allylic oxidation sites excluding steroid dienone is 4. The number of carbonyl (C=O) groups excluding carboxylic acids is 1. The quantitative estimate of drug-likeness (QED) is 0.600. The average molecular weight is 176 g/mol. The molecule has 0 spiro atoms. The lowest BCUT2D eigenvalue weighted by atomic mass is 9.81. The second-order valence-electron chi connectivity index (χ2n) is 4.08. The first kappa shape index (κ1) is 8.74. The molecular formula is C12H16O. The van der Waals surface area contributed by atoms with Crippen molar-refractivity contribution in [2.45, 2.75) is 38.5 Å². The maximum absolute atomic E-state index is 11.2. The van der Waals surface area contributed by atoms with Crippen LogP contribution in [0.2, 0.25) is 0 Å². The Morgan fingerprint density at radius 1 is 1.15 bits per heavy atom. The fourth-order valence-corrected chi connectivity index (χ4v) is 2.35. The summed E-state index contributed by atoms with van der Waals surface area (Å²) in [4.78, 5) is 11.2. The molecule has 0 radical (unpaired) electrons. The first-order valence-corrected chi connectivity index (χ1v) is 5.26. The van der Waals surface area contributed by atoms with Crippen LogP contribution in [0.5, 0.6) is 0 Å². The molecule has 13 heavy (non-hydrogen) atoms. The molecule has 0 aromatic rings. The van der Waals surface area contributed by atoms with E-state index in [2.05, 4.69) is 6.08 Å². The van der Waals surface area contributed by atoms with Crippen molar-refractivity contribution in [2.75, 3.05) is 0 Å². The second kappa shape index (κ2) is 3.91. The largest absolute Gasteiger partial charge is 0.294 e. The van der Waals surface area contributed by atoms with Gasteiger partial charge < -0.3 is 0 Å². The van der Waals surface area contributed by atoms with E-state index in [0.29, 0.717) is 12.3 Å². The van der Waals surface area contributed by atoms with Crippen LogP contribution in [0.25, 0.3) is 0 Å². The van der Waals surface area contributed by atoms with Gasteiger partial charge in [0.25, 0.3) is 0 Å². The molecule has 1 fully saturated rings. The van der Waals surface area contributed by atoms with Crippen molar-refractivity contribution in [3.8, 4) is 0 Å². The molecule has 0 saturated heterocycles. The topological polar surface area (TPSA) is 17.1 Å². The van der Waals surface area contributed by atoms with Gasteiger partial charge in [-0.3, -0.25) is 4.79 Å². The van der Waals surface area contributed by atoms with Gasteiger partial charge in [-0.25, -0.2) is 0 Å². The Balaban J connectivity index is 2.02. The van der Waals surface area contributed by atoms with Gasteiger partial charge in [-0.05, 0) is 24.8 Å². The zero-order chi connectivity index (χ0) is 9.10. The van der Waals surface area contributed by atoms with Gasteiger partial charge in [0.05, 0.1) is 0 Å². The molecule has 1 nitrogen and oxygen atoms in total. The molecule has 2 aliphatic rings. The Labute approximate surface area is 79.5 Å². The van der Waals surface area contributed by atoms with E-state index in [1.165, 1.54) is 37.7 Å². The Kier molecular flexibility index (Phi) is 2.62. The molecular weight excluding hydrogens is 160 g/mol. The van der Waals surface area contributed by atoms with E-state index in [4.69, 9.17) is 0 Å². The summed E-state index contributed by atoms with van der Waals surface area (Å²) in [7, 11) is 0. The SMILES string of the molecule is O=C1C=CC=C(C2CCCCC2)C1. The van der Waals surface area contributed by atoms with Crippen LogP contribution in [-0.2, 0) is 4.79 Å². The third kappa shape index (κ3) is 2.09. The van der Waals surface area contributed by atoms with Crippen molar-refractivity contribution in [3.05, 3.63) is 23.8 Å². The van der Waals surface area contributed by atoms with Crippen LogP contribution in [0.3, 0.4) is 0 Å². The van der Waals surface area contributed by atoms with E-state index >= 15 is 0 Å². The van der Waals surface area contributed by atoms with Crippen molar-refractivity contribution in [1.82, 2.24) is 0 Å². The summed E-state index contributed by atoms with van der Waals surface area (Å²) in [6.45, 7) is 0. The van der Waals surface area contributed by atoms with Gasteiger partial charge >= 0.3 is 0 Å². The molecule has 0 N–H and O–H groups in total. The number of carbonyl (C=O) groups is 1. The minimum atomic E-state index is 0.281. The highest BCUT2D eigenvalue weighted by Crippen LogP contribution is 2.32. The molecule has 1 heteroatoms. The lowest BCUT2D eigenvalue weighted by Gasteiger charge is -2.24. The van der Waals surface area contributed by atoms with Gasteiger partial charge in [0.2, 0.25) is 0 Å². The van der Waals surface area contributed by atoms with E-state index in [0.717, 1.165) is 0 Å². The fourth-order valence-electron chi connectivity index (χ4n) is 2.35. The first-order valence-electron chi connectivity index (χ1n) is 5.26. The molecule has 1 saturated carbocycles. The summed E-state index contributed by atoms with van der Waals surface area (Å²) in [5.41, 5.74) is 1.38. The predicted octanol–water partition coefficient (Wildman–Crippen LogP) is 3.02. The van der Waals surface area contributed by atoms with Crippen molar-refractivity contribution in [1.29, 1.82) is 0 Å². The van der Waals surface area contributed by atoms with Crippen LogP contribution in [0.15, 0.2) is 23.8 Å². The van der Waals surface area contributed by atoms with E-state index in [-0.39, 0.29) is 5.78 Å². The lowest BCUT2D eigenvalue weighted by molar-refractivity contribution is -0.114. The number of ketones is 1. The maximum atomic E-state index is 11.2. The predicted molar refractivity (Wildman–Crippen MR) is 53.4 cm³/mol. The minimum absolute atomic E-state index is 0.281. The summed E-state index contributed by atoms with van der Waals surface area (Å²) in [5.74, 6) is 0.991. The molecule has 0 heterocycles. The van der Waals surface area contributed by atoms with Crippen molar-refractivity contribution < 1.29 is 4.79 Å². The molecule has 0 amide bonds. The Hall–Kier alpha value is -0.850. The van der Waals surface area contributed by atoms with Crippen LogP contribution >= 0.6 is 0 Å². The lowest BCUT2D eigenvalue weighted by Crippen LogP contribution is -2.13. The van der Waals surface area contributed by atoms with Crippen molar-refractivity contribution in [2.24, 2.45) is 5.92 Å². The summed E-state index contributed by atoms with van der Waals surface area (Å²) in [5, 5.41) is 0. The van der Waals surface area contributed by atoms with Crippen molar-refractivity contribution >= 4 is 5.78 Å². The Bertz CT molecular complexity index is 254. The zero-order valence-corrected chi connectivity index (χ0v) is 7.96. The third-order valence-electron chi connectivity index (χ3n) is 3.10.